The van der Waals surface area contributed by atoms with E-state index in [0.29, 0.717) is 27.6 Å². The van der Waals surface area contributed by atoms with E-state index in [-0.39, 0.29) is 32.6 Å². The van der Waals surface area contributed by atoms with Gasteiger partial charge >= 0.3 is 0 Å². The fourth-order valence-corrected chi connectivity index (χ4v) is 3.47. The first-order valence-corrected chi connectivity index (χ1v) is 8.80. The zero-order chi connectivity index (χ0) is 19.7. The summed E-state index contributed by atoms with van der Waals surface area (Å²) >= 11 is 0. The topological polar surface area (TPSA) is 74.8 Å². The Morgan fingerprint density at radius 3 is 2.70 bits per heavy atom. The quantitative estimate of drug-likeness (QED) is 0.730. The van der Waals surface area contributed by atoms with Crippen molar-refractivity contribution in [1.29, 1.82) is 0 Å². The van der Waals surface area contributed by atoms with Crippen molar-refractivity contribution in [3.8, 4) is 0 Å². The van der Waals surface area contributed by atoms with Gasteiger partial charge < -0.3 is 10.3 Å². The lowest BCUT2D eigenvalue weighted by Gasteiger charge is -2.17. The largest absolute Gasteiger partial charge is 0.349 e. The number of halogens is 1. The van der Waals surface area contributed by atoms with Gasteiger partial charge in [-0.1, -0.05) is 0 Å². The van der Waals surface area contributed by atoms with Gasteiger partial charge in [0.25, 0.3) is 5.56 Å². The second kappa shape index (κ2) is 7.31. The Kier molecular flexibility index (Phi) is 5.08. The highest BCUT2D eigenvalue weighted by atomic mass is 19.1. The van der Waals surface area contributed by atoms with Crippen molar-refractivity contribution in [1.82, 2.24) is 15.3 Å². The summed E-state index contributed by atoms with van der Waals surface area (Å²) in [4.78, 5) is 31.8. The average molecular weight is 371 g/mol. The Hall–Kier alpha value is -3.02. The zero-order valence-corrected chi connectivity index (χ0v) is 15.8. The molecule has 0 saturated heterocycles. The Balaban J connectivity index is 0.00000210. The molecule has 3 aromatic rings. The van der Waals surface area contributed by atoms with E-state index in [1.807, 2.05) is 19.9 Å². The lowest BCUT2D eigenvalue weighted by atomic mass is 9.98. The Labute approximate surface area is 159 Å². The molecule has 1 amide bonds. The molecule has 0 aliphatic carbocycles. The van der Waals surface area contributed by atoms with Crippen molar-refractivity contribution in [2.45, 2.75) is 40.2 Å². The molecule has 0 aliphatic rings. The van der Waals surface area contributed by atoms with Gasteiger partial charge in [0.15, 0.2) is 0 Å². The van der Waals surface area contributed by atoms with E-state index in [1.165, 1.54) is 6.07 Å². The van der Waals surface area contributed by atoms with Gasteiger partial charge in [0.1, 0.15) is 5.82 Å². The molecule has 0 spiro atoms. The number of aryl methyl sites for hydroxylation is 3. The number of hydrogen-bond acceptors (Lipinski definition) is 3. The minimum absolute atomic E-state index is 0. The highest BCUT2D eigenvalue weighted by Crippen LogP contribution is 2.24. The molecule has 5 nitrogen and oxygen atoms in total. The maximum atomic E-state index is 13.9. The van der Waals surface area contributed by atoms with Crippen molar-refractivity contribution < 1.29 is 12.0 Å². The molecule has 6 heteroatoms. The second-order valence-corrected chi connectivity index (χ2v) is 6.85. The number of nitrogens with one attached hydrogen (secondary N) is 2. The smallest absolute Gasteiger partial charge is 0.252 e. The summed E-state index contributed by atoms with van der Waals surface area (Å²) in [6.45, 7) is 7.25. The van der Waals surface area contributed by atoms with Gasteiger partial charge in [-0.15, -0.1) is 0 Å². The Morgan fingerprint density at radius 1 is 1.26 bits per heavy atom. The molecule has 0 fully saturated rings. The number of aromatic amines is 1. The lowest BCUT2D eigenvalue weighted by molar-refractivity contribution is -0.121. The van der Waals surface area contributed by atoms with Crippen LogP contribution in [0, 0.1) is 26.6 Å². The third-order valence-electron chi connectivity index (χ3n) is 5.01. The normalized spacial score (nSPS) is 12.2. The van der Waals surface area contributed by atoms with Crippen molar-refractivity contribution in [2.24, 2.45) is 0 Å². The van der Waals surface area contributed by atoms with Crippen LogP contribution >= 0.6 is 0 Å². The van der Waals surface area contributed by atoms with Crippen LogP contribution in [0.25, 0.3) is 10.9 Å². The van der Waals surface area contributed by atoms with Crippen LogP contribution in [0.5, 0.6) is 0 Å². The van der Waals surface area contributed by atoms with Gasteiger partial charge in [-0.25, -0.2) is 4.39 Å². The molecule has 2 N–H and O–H groups in total. The van der Waals surface area contributed by atoms with Crippen LogP contribution in [0.4, 0.5) is 4.39 Å². The molecule has 0 unspecified atom stereocenters. The third-order valence-corrected chi connectivity index (χ3v) is 5.01. The fraction of sp³-hybridized carbons (Fsp3) is 0.286. The summed E-state index contributed by atoms with van der Waals surface area (Å²) in [7, 11) is 0. The molecule has 144 valence electrons. The molecule has 27 heavy (non-hydrogen) atoms. The number of pyridine rings is 2. The number of carbonyl (C=O) groups excluding carboxylic acids is 1. The van der Waals surface area contributed by atoms with Crippen LogP contribution < -0.4 is 10.9 Å². The number of fused-ring (bicyclic) bond motifs is 1. The van der Waals surface area contributed by atoms with Crippen molar-refractivity contribution in [3.05, 3.63) is 74.6 Å². The molecule has 0 bridgehead atoms. The summed E-state index contributed by atoms with van der Waals surface area (Å²) in [5, 5.41) is 3.56. The van der Waals surface area contributed by atoms with Gasteiger partial charge in [0.2, 0.25) is 5.91 Å². The molecule has 0 radical (unpaired) electrons. The molecule has 3 rings (SSSR count). The van der Waals surface area contributed by atoms with Crippen LogP contribution in [0.15, 0.2) is 35.4 Å². The monoisotopic (exact) mass is 371 g/mol. The first-order valence-electron chi connectivity index (χ1n) is 8.80. The number of nitrogens with zero attached hydrogens (tertiary/aromatic N) is 1. The summed E-state index contributed by atoms with van der Waals surface area (Å²) in [5.74, 6) is -0.610. The number of benzene rings is 1. The van der Waals surface area contributed by atoms with Crippen LogP contribution in [0.1, 0.15) is 43.6 Å². The van der Waals surface area contributed by atoms with Crippen LogP contribution in [0.2, 0.25) is 0 Å². The first kappa shape index (κ1) is 18.8. The van der Waals surface area contributed by atoms with E-state index >= 15 is 0 Å². The van der Waals surface area contributed by atoms with E-state index in [4.69, 9.17) is 0 Å². The van der Waals surface area contributed by atoms with Gasteiger partial charge in [-0.3, -0.25) is 14.6 Å². The third kappa shape index (κ3) is 3.60. The molecule has 0 aliphatic heterocycles. The minimum Gasteiger partial charge on any atom is -0.349 e. The van der Waals surface area contributed by atoms with Gasteiger partial charge in [-0.2, -0.15) is 0 Å². The summed E-state index contributed by atoms with van der Waals surface area (Å²) in [6.07, 6.45) is 3.35. The molecular weight excluding hydrogens is 345 g/mol. The highest BCUT2D eigenvalue weighted by molar-refractivity contribution is 5.88. The summed E-state index contributed by atoms with van der Waals surface area (Å²) < 4.78 is 13.9. The van der Waals surface area contributed by atoms with E-state index in [1.54, 1.807) is 32.3 Å². The van der Waals surface area contributed by atoms with Gasteiger partial charge in [0, 0.05) is 31.7 Å². The highest BCUT2D eigenvalue weighted by Gasteiger charge is 2.18. The van der Waals surface area contributed by atoms with E-state index in [0.717, 1.165) is 11.1 Å². The van der Waals surface area contributed by atoms with Crippen molar-refractivity contribution in [3.63, 3.8) is 0 Å². The van der Waals surface area contributed by atoms with Crippen molar-refractivity contribution in [2.75, 3.05) is 0 Å². The van der Waals surface area contributed by atoms with Crippen LogP contribution in [-0.4, -0.2) is 15.9 Å². The first-order chi connectivity index (χ1) is 12.8. The average Bonchev–Trinajstić information content (AvgIpc) is 2.62. The number of amides is 1. The summed E-state index contributed by atoms with van der Waals surface area (Å²) in [5.41, 5.74) is 3.64. The molecule has 1 atom stereocenters. The molecule has 1 aromatic carbocycles. The van der Waals surface area contributed by atoms with Crippen LogP contribution in [0.3, 0.4) is 0 Å². The fourth-order valence-electron chi connectivity index (χ4n) is 3.47. The van der Waals surface area contributed by atoms with Gasteiger partial charge in [0.05, 0.1) is 12.5 Å². The maximum Gasteiger partial charge on any atom is 0.252 e. The Morgan fingerprint density at radius 2 is 2.00 bits per heavy atom. The minimum atomic E-state index is -0.339. The van der Waals surface area contributed by atoms with Gasteiger partial charge in [-0.05, 0) is 68.1 Å². The number of hydrogen-bond donors (Lipinski definition) is 2. The molecule has 2 heterocycles. The Bertz CT molecular complexity index is 1100. The second-order valence-electron chi connectivity index (χ2n) is 6.85. The molecular formula is C21H26FN3O2. The number of H-pyrrole nitrogens is 1. The summed E-state index contributed by atoms with van der Waals surface area (Å²) in [6, 6.07) is 4.53. The van der Waals surface area contributed by atoms with Crippen LogP contribution in [-0.2, 0) is 11.2 Å². The number of rotatable bonds is 4. The standard InChI is InChI=1S/C21H22FN3O2.2H2/c1-11-7-8-23-10-16(11)14(4)24-19(26)9-15-12(2)20-13(3)17(22)5-6-18(20)25-21(15)27;;/h5-8,10,14H,9H2,1-4H3,(H,24,26)(H,25,27);2*1H/t14-;;/m0../s1. The molecule has 2 aromatic heterocycles. The lowest BCUT2D eigenvalue weighted by Crippen LogP contribution is -2.31. The van der Waals surface area contributed by atoms with Crippen molar-refractivity contribution >= 4 is 16.8 Å². The van der Waals surface area contributed by atoms with E-state index < -0.39 is 0 Å². The van der Waals surface area contributed by atoms with E-state index in [2.05, 4.69) is 15.3 Å². The predicted molar refractivity (Wildman–Crippen MR) is 107 cm³/mol. The number of aromatic nitrogens is 2. The maximum absolute atomic E-state index is 13.9. The zero-order valence-electron chi connectivity index (χ0n) is 15.8. The predicted octanol–water partition coefficient (Wildman–Crippen LogP) is 3.90. The number of carbonyl (C=O) groups is 1. The SMILES string of the molecule is Cc1ccncc1[C@H](C)NC(=O)Cc1c(C)c2c(C)c(F)ccc2[nH]c1=O.[HH].[HH]. The van der Waals surface area contributed by atoms with E-state index in [9.17, 15) is 14.0 Å². The molecule has 0 saturated carbocycles.